The third kappa shape index (κ3) is 8.03. The molecule has 0 unspecified atom stereocenters. The summed E-state index contributed by atoms with van der Waals surface area (Å²) in [6.07, 6.45) is 0.719. The van der Waals surface area contributed by atoms with Crippen LogP contribution in [0.4, 0.5) is 16.2 Å². The highest BCUT2D eigenvalue weighted by molar-refractivity contribution is 6.62. The molecule has 0 saturated carbocycles. The van der Waals surface area contributed by atoms with Crippen molar-refractivity contribution in [1.82, 2.24) is 25.6 Å². The summed E-state index contributed by atoms with van der Waals surface area (Å²) in [5, 5.41) is 34.7. The van der Waals surface area contributed by atoms with Crippen LogP contribution in [-0.4, -0.2) is 65.1 Å². The van der Waals surface area contributed by atoms with Gasteiger partial charge in [-0.05, 0) is 42.3 Å². The van der Waals surface area contributed by atoms with Crippen molar-refractivity contribution in [3.63, 3.8) is 0 Å². The van der Waals surface area contributed by atoms with Crippen molar-refractivity contribution in [2.24, 2.45) is 11.8 Å². The first-order chi connectivity index (χ1) is 22.4. The lowest BCUT2D eigenvalue weighted by Crippen LogP contribution is -2.65. The van der Waals surface area contributed by atoms with Gasteiger partial charge in [0, 0.05) is 30.2 Å². The number of non-ortho nitro benzene ring substituents is 2. The van der Waals surface area contributed by atoms with E-state index in [0.29, 0.717) is 16.8 Å². The quantitative estimate of drug-likeness (QED) is 0.0370. The van der Waals surface area contributed by atoms with Gasteiger partial charge in [0.25, 0.3) is 17.2 Å². The molecule has 4 atom stereocenters. The van der Waals surface area contributed by atoms with Gasteiger partial charge in [0.15, 0.2) is 0 Å². The van der Waals surface area contributed by atoms with E-state index in [1.165, 1.54) is 66.3 Å². The summed E-state index contributed by atoms with van der Waals surface area (Å²) < 4.78 is 11.5. The van der Waals surface area contributed by atoms with Gasteiger partial charge in [-0.2, -0.15) is 4.79 Å². The number of ether oxygens (including phenoxy) is 2. The number of benzene rings is 2. The number of rotatable bonds is 14. The standard InChI is InChI=1S/C28H27N9O10/c1-15(25(38)24(32-29)27(40)46-13-17-3-7-20(8-4-17)36(42)43)23-22(26(39)31-23)16(2)35-12-19(33-34-35)11-30-28(41)47-14-18-5-9-21(10-6-18)37(44)45/h3-10,12,15-16,22-23H,11,13-14H2,1-2H3,(H,30,41)(H,31,39)/t15-,16-,22-,23-/m1/s1. The van der Waals surface area contributed by atoms with Crippen LogP contribution in [-0.2, 0) is 43.6 Å². The SMILES string of the molecule is C[C@H]([C@H]1C(=O)N[C@@H]1[C@@H](C)C(=O)C(=[N+]=[N-])C(=O)OCc1ccc([N+](=O)[O-])cc1)n1cc(CNC(=O)OCc2ccc([N+](=O)[O-])cc2)nn1. The monoisotopic (exact) mass is 649 g/mol. The first-order valence-electron chi connectivity index (χ1n) is 13.9. The van der Waals surface area contributed by atoms with Crippen molar-refractivity contribution in [2.45, 2.75) is 45.7 Å². The summed E-state index contributed by atoms with van der Waals surface area (Å²) in [5.74, 6) is -4.32. The van der Waals surface area contributed by atoms with Gasteiger partial charge in [0.05, 0.1) is 40.6 Å². The Kier molecular flexibility index (Phi) is 10.4. The Morgan fingerprint density at radius 2 is 1.55 bits per heavy atom. The fourth-order valence-corrected chi connectivity index (χ4v) is 4.71. The zero-order valence-electron chi connectivity index (χ0n) is 24.8. The van der Waals surface area contributed by atoms with E-state index in [4.69, 9.17) is 9.47 Å². The number of amides is 2. The number of carbonyl (C=O) groups excluding carboxylic acids is 4. The van der Waals surface area contributed by atoms with Crippen LogP contribution in [0.1, 0.15) is 36.7 Å². The van der Waals surface area contributed by atoms with Crippen LogP contribution < -0.4 is 10.6 Å². The number of β-lactam (4-membered cyclic amide) rings is 1. The molecule has 1 aliphatic heterocycles. The molecular formula is C28H27N9O10. The summed E-state index contributed by atoms with van der Waals surface area (Å²) in [4.78, 5) is 73.5. The second kappa shape index (κ2) is 14.6. The van der Waals surface area contributed by atoms with Gasteiger partial charge in [-0.15, -0.1) is 5.10 Å². The third-order valence-corrected chi connectivity index (χ3v) is 7.42. The fourth-order valence-electron chi connectivity index (χ4n) is 4.71. The topological polar surface area (TPSA) is 264 Å². The number of nitro groups is 2. The van der Waals surface area contributed by atoms with E-state index in [-0.39, 0.29) is 31.1 Å². The van der Waals surface area contributed by atoms with E-state index in [0.717, 1.165) is 0 Å². The molecule has 2 heterocycles. The first-order valence-corrected chi connectivity index (χ1v) is 13.9. The fraction of sp³-hybridized carbons (Fsp3) is 0.321. The van der Waals surface area contributed by atoms with E-state index in [1.807, 2.05) is 0 Å². The molecule has 19 heteroatoms. The Morgan fingerprint density at radius 3 is 2.06 bits per heavy atom. The van der Waals surface area contributed by atoms with E-state index < -0.39 is 63.2 Å². The molecule has 0 aliphatic carbocycles. The molecule has 0 radical (unpaired) electrons. The molecule has 47 heavy (non-hydrogen) atoms. The molecule has 4 rings (SSSR count). The summed E-state index contributed by atoms with van der Waals surface area (Å²) in [6, 6.07) is 9.27. The van der Waals surface area contributed by atoms with Gasteiger partial charge >= 0.3 is 17.8 Å². The van der Waals surface area contributed by atoms with Crippen LogP contribution >= 0.6 is 0 Å². The smallest absolute Gasteiger partial charge is 0.441 e. The van der Waals surface area contributed by atoms with Crippen molar-refractivity contribution in [2.75, 3.05) is 0 Å². The zero-order valence-corrected chi connectivity index (χ0v) is 24.8. The van der Waals surface area contributed by atoms with Crippen LogP contribution in [0.2, 0.25) is 0 Å². The molecule has 244 valence electrons. The number of hydrogen-bond donors (Lipinski definition) is 2. The molecule has 2 N–H and O–H groups in total. The summed E-state index contributed by atoms with van der Waals surface area (Å²) in [7, 11) is 0. The average molecular weight is 650 g/mol. The summed E-state index contributed by atoms with van der Waals surface area (Å²) in [5.41, 5.74) is 9.54. The minimum Gasteiger partial charge on any atom is -0.452 e. The Labute approximate surface area is 264 Å². The highest BCUT2D eigenvalue weighted by atomic mass is 16.6. The highest BCUT2D eigenvalue weighted by Gasteiger charge is 2.51. The van der Waals surface area contributed by atoms with Crippen LogP contribution in [0.5, 0.6) is 0 Å². The van der Waals surface area contributed by atoms with Gasteiger partial charge in [0.1, 0.15) is 18.9 Å². The van der Waals surface area contributed by atoms with Crippen molar-refractivity contribution in [3.05, 3.63) is 97.3 Å². The third-order valence-electron chi connectivity index (χ3n) is 7.42. The maximum absolute atomic E-state index is 13.1. The average Bonchev–Trinajstić information content (AvgIpc) is 3.54. The molecule has 1 aliphatic rings. The number of aromatic nitrogens is 3. The molecule has 0 bridgehead atoms. The molecule has 1 fully saturated rings. The minimum absolute atomic E-state index is 0.0701. The van der Waals surface area contributed by atoms with Crippen molar-refractivity contribution >= 4 is 40.8 Å². The second-order valence-electron chi connectivity index (χ2n) is 10.4. The van der Waals surface area contributed by atoms with E-state index >= 15 is 0 Å². The largest absolute Gasteiger partial charge is 0.452 e. The number of alkyl carbamates (subject to hydrolysis) is 1. The van der Waals surface area contributed by atoms with Crippen molar-refractivity contribution in [3.8, 4) is 0 Å². The number of esters is 1. The van der Waals surface area contributed by atoms with Crippen molar-refractivity contribution in [1.29, 1.82) is 0 Å². The molecule has 3 aromatic rings. The number of carbonyl (C=O) groups is 4. The van der Waals surface area contributed by atoms with Crippen molar-refractivity contribution < 1.29 is 43.3 Å². The molecule has 2 aromatic carbocycles. The lowest BCUT2D eigenvalue weighted by atomic mass is 9.75. The lowest BCUT2D eigenvalue weighted by Gasteiger charge is -2.42. The summed E-state index contributed by atoms with van der Waals surface area (Å²) >= 11 is 0. The zero-order chi connectivity index (χ0) is 34.2. The van der Waals surface area contributed by atoms with E-state index in [2.05, 4.69) is 25.7 Å². The van der Waals surface area contributed by atoms with Gasteiger partial charge < -0.3 is 25.6 Å². The second-order valence-corrected chi connectivity index (χ2v) is 10.4. The van der Waals surface area contributed by atoms with E-state index in [9.17, 15) is 44.9 Å². The Hall–Kier alpha value is -6.36. The number of Topliss-reactive ketones (excluding diaryl/α,β-unsaturated/α-hetero) is 1. The highest BCUT2D eigenvalue weighted by Crippen LogP contribution is 2.32. The normalized spacial score (nSPS) is 16.3. The van der Waals surface area contributed by atoms with Gasteiger partial charge in [0.2, 0.25) is 5.91 Å². The number of nitrogens with one attached hydrogen (secondary N) is 2. The molecule has 2 amide bonds. The maximum Gasteiger partial charge on any atom is 0.441 e. The van der Waals surface area contributed by atoms with Crippen LogP contribution in [0, 0.1) is 32.1 Å². The lowest BCUT2D eigenvalue weighted by molar-refractivity contribution is -0.385. The molecular weight excluding hydrogens is 622 g/mol. The number of ketones is 1. The summed E-state index contributed by atoms with van der Waals surface area (Å²) in [6.45, 7) is 2.57. The predicted molar refractivity (Wildman–Crippen MR) is 156 cm³/mol. The predicted octanol–water partition coefficient (Wildman–Crippen LogP) is 1.82. The Morgan fingerprint density at radius 1 is 1.00 bits per heavy atom. The van der Waals surface area contributed by atoms with Crippen LogP contribution in [0.3, 0.4) is 0 Å². The first kappa shape index (κ1) is 33.5. The Bertz CT molecular complexity index is 1750. The minimum atomic E-state index is -1.22. The Balaban J connectivity index is 1.29. The molecule has 19 nitrogen and oxygen atoms in total. The molecule has 1 aromatic heterocycles. The number of nitrogens with zero attached hydrogens (tertiary/aromatic N) is 7. The van der Waals surface area contributed by atoms with E-state index in [1.54, 1.807) is 6.92 Å². The van der Waals surface area contributed by atoms with Gasteiger partial charge in [-0.3, -0.25) is 29.8 Å². The number of nitro benzene ring substituents is 2. The van der Waals surface area contributed by atoms with Gasteiger partial charge in [-0.25, -0.2) is 14.3 Å². The number of hydrogen-bond acceptors (Lipinski definition) is 12. The van der Waals surface area contributed by atoms with Crippen LogP contribution in [0.15, 0.2) is 54.7 Å². The molecule has 0 spiro atoms. The van der Waals surface area contributed by atoms with Crippen LogP contribution in [0.25, 0.3) is 5.53 Å². The van der Waals surface area contributed by atoms with Gasteiger partial charge in [-0.1, -0.05) is 12.1 Å². The maximum atomic E-state index is 13.1. The molecule has 1 saturated heterocycles.